The molecule has 0 unspecified atom stereocenters. The zero-order valence-electron chi connectivity index (χ0n) is 9.69. The van der Waals surface area contributed by atoms with Crippen LogP contribution in [0.4, 0.5) is 5.69 Å². The Balaban J connectivity index is 2.11. The first-order valence-corrected chi connectivity index (χ1v) is 5.74. The summed E-state index contributed by atoms with van der Waals surface area (Å²) in [6.45, 7) is 4.32. The third-order valence-electron chi connectivity index (χ3n) is 1.92. The van der Waals surface area contributed by atoms with Gasteiger partial charge in [-0.1, -0.05) is 0 Å². The van der Waals surface area contributed by atoms with Crippen LogP contribution in [-0.2, 0) is 11.8 Å². The first-order valence-electron chi connectivity index (χ1n) is 5.33. The molecule has 1 rings (SSSR count). The lowest BCUT2D eigenvalue weighted by Crippen LogP contribution is -2.29. The van der Waals surface area contributed by atoms with E-state index >= 15 is 0 Å². The number of anilines is 1. The molecule has 5 nitrogen and oxygen atoms in total. The smallest absolute Gasteiger partial charge is 0.170 e. The third-order valence-corrected chi connectivity index (χ3v) is 2.16. The van der Waals surface area contributed by atoms with Gasteiger partial charge in [-0.3, -0.25) is 4.68 Å². The average molecular weight is 242 g/mol. The van der Waals surface area contributed by atoms with Gasteiger partial charge in [-0.05, 0) is 25.6 Å². The fraction of sp³-hybridized carbons (Fsp3) is 0.600. The van der Waals surface area contributed by atoms with Gasteiger partial charge in [-0.15, -0.1) is 0 Å². The molecular weight excluding hydrogens is 224 g/mol. The molecule has 1 aromatic rings. The number of nitrogens with one attached hydrogen (secondary N) is 2. The van der Waals surface area contributed by atoms with Crippen molar-refractivity contribution in [2.45, 2.75) is 13.3 Å². The summed E-state index contributed by atoms with van der Waals surface area (Å²) in [4.78, 5) is 0. The van der Waals surface area contributed by atoms with Crippen LogP contribution in [0.5, 0.6) is 0 Å². The number of rotatable bonds is 6. The molecule has 0 saturated heterocycles. The second-order valence-corrected chi connectivity index (χ2v) is 3.74. The molecule has 0 spiro atoms. The minimum absolute atomic E-state index is 0.615. The van der Waals surface area contributed by atoms with E-state index in [2.05, 4.69) is 15.7 Å². The SMILES string of the molecule is CCOCCCNC(=S)Nc1cnn(C)c1. The Morgan fingerprint density at radius 2 is 2.44 bits per heavy atom. The van der Waals surface area contributed by atoms with Crippen molar-refractivity contribution in [1.29, 1.82) is 0 Å². The summed E-state index contributed by atoms with van der Waals surface area (Å²) in [6.07, 6.45) is 4.55. The molecule has 0 bridgehead atoms. The highest BCUT2D eigenvalue weighted by atomic mass is 32.1. The molecule has 0 amide bonds. The van der Waals surface area contributed by atoms with Crippen LogP contribution in [0.3, 0.4) is 0 Å². The summed E-state index contributed by atoms with van der Waals surface area (Å²) in [5, 5.41) is 10.8. The highest BCUT2D eigenvalue weighted by Gasteiger charge is 1.98. The van der Waals surface area contributed by atoms with Crippen molar-refractivity contribution in [1.82, 2.24) is 15.1 Å². The van der Waals surface area contributed by atoms with Crippen LogP contribution in [0.15, 0.2) is 12.4 Å². The molecular formula is C10H18N4OS. The van der Waals surface area contributed by atoms with Crippen molar-refractivity contribution in [2.24, 2.45) is 7.05 Å². The van der Waals surface area contributed by atoms with Crippen LogP contribution in [-0.4, -0.2) is 34.7 Å². The van der Waals surface area contributed by atoms with E-state index in [4.69, 9.17) is 17.0 Å². The first kappa shape index (κ1) is 12.9. The van der Waals surface area contributed by atoms with E-state index in [1.807, 2.05) is 20.2 Å². The second-order valence-electron chi connectivity index (χ2n) is 3.33. The largest absolute Gasteiger partial charge is 0.382 e. The molecule has 16 heavy (non-hydrogen) atoms. The monoisotopic (exact) mass is 242 g/mol. The van der Waals surface area contributed by atoms with Gasteiger partial charge in [0.1, 0.15) is 0 Å². The number of thiocarbonyl (C=S) groups is 1. The molecule has 0 saturated carbocycles. The molecule has 1 aromatic heterocycles. The molecule has 0 aliphatic carbocycles. The molecule has 0 aromatic carbocycles. The molecule has 0 aliphatic heterocycles. The predicted octanol–water partition coefficient (Wildman–Crippen LogP) is 1.13. The van der Waals surface area contributed by atoms with Gasteiger partial charge >= 0.3 is 0 Å². The lowest BCUT2D eigenvalue weighted by molar-refractivity contribution is 0.146. The van der Waals surface area contributed by atoms with Crippen molar-refractivity contribution in [3.63, 3.8) is 0 Å². The van der Waals surface area contributed by atoms with Gasteiger partial charge in [-0.2, -0.15) is 5.10 Å². The van der Waals surface area contributed by atoms with Gasteiger partial charge in [0.05, 0.1) is 11.9 Å². The first-order chi connectivity index (χ1) is 7.72. The van der Waals surface area contributed by atoms with Crippen LogP contribution in [0.2, 0.25) is 0 Å². The number of hydrogen-bond donors (Lipinski definition) is 2. The van der Waals surface area contributed by atoms with E-state index in [-0.39, 0.29) is 0 Å². The van der Waals surface area contributed by atoms with Gasteiger partial charge in [0.2, 0.25) is 0 Å². The third kappa shape index (κ3) is 5.09. The zero-order valence-corrected chi connectivity index (χ0v) is 10.5. The van der Waals surface area contributed by atoms with Crippen molar-refractivity contribution < 1.29 is 4.74 Å². The summed E-state index contributed by atoms with van der Waals surface area (Å²) in [5.74, 6) is 0. The van der Waals surface area contributed by atoms with Crippen LogP contribution in [0.1, 0.15) is 13.3 Å². The maximum absolute atomic E-state index is 5.22. The molecule has 0 atom stereocenters. The Morgan fingerprint density at radius 1 is 1.62 bits per heavy atom. The second kappa shape index (κ2) is 7.19. The van der Waals surface area contributed by atoms with Crippen LogP contribution in [0.25, 0.3) is 0 Å². The molecule has 90 valence electrons. The maximum atomic E-state index is 5.22. The van der Waals surface area contributed by atoms with Crippen molar-refractivity contribution in [3.8, 4) is 0 Å². The number of nitrogens with zero attached hydrogens (tertiary/aromatic N) is 2. The van der Waals surface area contributed by atoms with Crippen LogP contribution < -0.4 is 10.6 Å². The lowest BCUT2D eigenvalue weighted by Gasteiger charge is -2.08. The summed E-state index contributed by atoms with van der Waals surface area (Å²) < 4.78 is 6.94. The Hall–Kier alpha value is -1.14. The molecule has 0 fully saturated rings. The summed E-state index contributed by atoms with van der Waals surface area (Å²) >= 11 is 5.12. The van der Waals surface area contributed by atoms with Gasteiger partial charge in [0.15, 0.2) is 5.11 Å². The minimum Gasteiger partial charge on any atom is -0.382 e. The Labute approximate surface area is 101 Å². The van der Waals surface area contributed by atoms with E-state index in [1.54, 1.807) is 10.9 Å². The van der Waals surface area contributed by atoms with Crippen LogP contribution in [0, 0.1) is 0 Å². The van der Waals surface area contributed by atoms with E-state index in [0.29, 0.717) is 5.11 Å². The molecule has 0 radical (unpaired) electrons. The normalized spacial score (nSPS) is 10.1. The van der Waals surface area contributed by atoms with E-state index < -0.39 is 0 Å². The fourth-order valence-corrected chi connectivity index (χ4v) is 1.40. The number of aryl methyl sites for hydroxylation is 1. The van der Waals surface area contributed by atoms with Crippen molar-refractivity contribution in [2.75, 3.05) is 25.1 Å². The Kier molecular flexibility index (Phi) is 5.81. The molecule has 6 heteroatoms. The zero-order chi connectivity index (χ0) is 11.8. The highest BCUT2D eigenvalue weighted by Crippen LogP contribution is 2.02. The van der Waals surface area contributed by atoms with Gasteiger partial charge in [0, 0.05) is 33.0 Å². The fourth-order valence-electron chi connectivity index (χ4n) is 1.18. The van der Waals surface area contributed by atoms with E-state index in [1.165, 1.54) is 0 Å². The number of aromatic nitrogens is 2. The summed E-state index contributed by atoms with van der Waals surface area (Å²) in [5.41, 5.74) is 0.893. The maximum Gasteiger partial charge on any atom is 0.170 e. The molecule has 2 N–H and O–H groups in total. The van der Waals surface area contributed by atoms with Gasteiger partial charge < -0.3 is 15.4 Å². The Bertz CT molecular complexity index is 326. The minimum atomic E-state index is 0.615. The van der Waals surface area contributed by atoms with E-state index in [9.17, 15) is 0 Å². The van der Waals surface area contributed by atoms with E-state index in [0.717, 1.165) is 31.9 Å². The van der Waals surface area contributed by atoms with Gasteiger partial charge in [0.25, 0.3) is 0 Å². The van der Waals surface area contributed by atoms with Crippen molar-refractivity contribution >= 4 is 23.0 Å². The van der Waals surface area contributed by atoms with Gasteiger partial charge in [-0.25, -0.2) is 0 Å². The Morgan fingerprint density at radius 3 is 3.06 bits per heavy atom. The van der Waals surface area contributed by atoms with Crippen LogP contribution >= 0.6 is 12.2 Å². The topological polar surface area (TPSA) is 51.1 Å². The lowest BCUT2D eigenvalue weighted by atomic mass is 10.4. The molecule has 1 heterocycles. The highest BCUT2D eigenvalue weighted by molar-refractivity contribution is 7.80. The number of hydrogen-bond acceptors (Lipinski definition) is 3. The molecule has 0 aliphatic rings. The summed E-state index contributed by atoms with van der Waals surface area (Å²) in [7, 11) is 1.86. The van der Waals surface area contributed by atoms with Crippen molar-refractivity contribution in [3.05, 3.63) is 12.4 Å². The number of ether oxygens (including phenoxy) is 1. The average Bonchev–Trinajstić information content (AvgIpc) is 2.63. The predicted molar refractivity (Wildman–Crippen MR) is 68.5 cm³/mol. The quantitative estimate of drug-likeness (QED) is 0.578. The summed E-state index contributed by atoms with van der Waals surface area (Å²) in [6, 6.07) is 0. The standard InChI is InChI=1S/C10H18N4OS/c1-3-15-6-4-5-11-10(16)13-9-7-12-14(2)8-9/h7-8H,3-6H2,1-2H3,(H2,11,13,16).